The van der Waals surface area contributed by atoms with Crippen LogP contribution in [0.5, 0.6) is 0 Å². The Balaban J connectivity index is 1.35. The van der Waals surface area contributed by atoms with E-state index in [1.807, 2.05) is 4.90 Å². The first-order valence-corrected chi connectivity index (χ1v) is 10.0. The van der Waals surface area contributed by atoms with Crippen LogP contribution in [0.4, 0.5) is 5.95 Å². The number of nitrogens with zero attached hydrogens (tertiary/aromatic N) is 6. The Kier molecular flexibility index (Phi) is 5.83. The van der Waals surface area contributed by atoms with Gasteiger partial charge in [-0.1, -0.05) is 30.3 Å². The Hall–Kier alpha value is -2.51. The van der Waals surface area contributed by atoms with Gasteiger partial charge in [0.05, 0.1) is 0 Å². The van der Waals surface area contributed by atoms with Gasteiger partial charge in [-0.3, -0.25) is 9.69 Å². The second kappa shape index (κ2) is 8.67. The molecule has 148 valence electrons. The van der Waals surface area contributed by atoms with Crippen molar-refractivity contribution in [2.24, 2.45) is 0 Å². The van der Waals surface area contributed by atoms with Crippen LogP contribution in [0.25, 0.3) is 0 Å². The summed E-state index contributed by atoms with van der Waals surface area (Å²) in [7, 11) is 2.09. The molecule has 0 bridgehead atoms. The lowest BCUT2D eigenvalue weighted by molar-refractivity contribution is 0.0658. The molecule has 0 atom stereocenters. The van der Waals surface area contributed by atoms with Crippen molar-refractivity contribution in [1.29, 1.82) is 0 Å². The molecule has 0 aliphatic carbocycles. The van der Waals surface area contributed by atoms with Gasteiger partial charge >= 0.3 is 0 Å². The summed E-state index contributed by atoms with van der Waals surface area (Å²) in [6, 6.07) is 12.3. The van der Waals surface area contributed by atoms with E-state index in [0.717, 1.165) is 58.9 Å². The van der Waals surface area contributed by atoms with Crippen LogP contribution >= 0.6 is 0 Å². The van der Waals surface area contributed by atoms with E-state index in [1.54, 1.807) is 12.3 Å². The highest BCUT2D eigenvalue weighted by atomic mass is 16.2. The Morgan fingerprint density at radius 2 is 1.64 bits per heavy atom. The average molecular weight is 380 g/mol. The minimum absolute atomic E-state index is 0.0134. The number of aromatic nitrogens is 2. The van der Waals surface area contributed by atoms with Gasteiger partial charge in [-0.15, -0.1) is 0 Å². The zero-order valence-electron chi connectivity index (χ0n) is 16.5. The van der Waals surface area contributed by atoms with E-state index in [0.29, 0.717) is 11.6 Å². The molecule has 0 saturated carbocycles. The third-order valence-corrected chi connectivity index (χ3v) is 5.56. The summed E-state index contributed by atoms with van der Waals surface area (Å²) < 4.78 is 0. The molecule has 0 unspecified atom stereocenters. The Morgan fingerprint density at radius 1 is 0.929 bits per heavy atom. The smallest absolute Gasteiger partial charge is 0.272 e. The van der Waals surface area contributed by atoms with Crippen LogP contribution in [0.2, 0.25) is 0 Å². The van der Waals surface area contributed by atoms with Gasteiger partial charge in [0.15, 0.2) is 0 Å². The first-order chi connectivity index (χ1) is 13.7. The number of rotatable bonds is 4. The van der Waals surface area contributed by atoms with Gasteiger partial charge in [0.1, 0.15) is 5.69 Å². The number of amides is 1. The van der Waals surface area contributed by atoms with E-state index in [2.05, 4.69) is 62.0 Å². The van der Waals surface area contributed by atoms with Crippen molar-refractivity contribution in [2.45, 2.75) is 6.54 Å². The van der Waals surface area contributed by atoms with E-state index in [4.69, 9.17) is 0 Å². The Bertz CT molecular complexity index is 782. The van der Waals surface area contributed by atoms with Gasteiger partial charge in [0, 0.05) is 65.1 Å². The van der Waals surface area contributed by atoms with E-state index < -0.39 is 0 Å². The third-order valence-electron chi connectivity index (χ3n) is 5.56. The summed E-state index contributed by atoms with van der Waals surface area (Å²) in [5.41, 5.74) is 1.84. The van der Waals surface area contributed by atoms with Crippen molar-refractivity contribution in [3.05, 3.63) is 53.9 Å². The highest BCUT2D eigenvalue weighted by molar-refractivity contribution is 5.92. The number of benzene rings is 1. The molecule has 0 radical (unpaired) electrons. The number of likely N-dealkylation sites (N-methyl/N-ethyl adjacent to an activating group) is 1. The van der Waals surface area contributed by atoms with Crippen molar-refractivity contribution >= 4 is 11.9 Å². The fourth-order valence-electron chi connectivity index (χ4n) is 3.74. The number of carbonyl (C=O) groups is 1. The van der Waals surface area contributed by atoms with Gasteiger partial charge in [-0.25, -0.2) is 9.97 Å². The van der Waals surface area contributed by atoms with E-state index in [1.165, 1.54) is 5.56 Å². The van der Waals surface area contributed by atoms with Crippen molar-refractivity contribution in [2.75, 3.05) is 64.3 Å². The molecule has 1 amide bonds. The lowest BCUT2D eigenvalue weighted by atomic mass is 10.2. The number of carbonyl (C=O) groups excluding carboxylic acids is 1. The molecule has 3 heterocycles. The topological polar surface area (TPSA) is 55.8 Å². The zero-order valence-corrected chi connectivity index (χ0v) is 16.5. The predicted octanol–water partition coefficient (Wildman–Crippen LogP) is 1.19. The lowest BCUT2D eigenvalue weighted by Gasteiger charge is -2.35. The quantitative estimate of drug-likeness (QED) is 0.794. The molecule has 0 spiro atoms. The molecule has 2 saturated heterocycles. The maximum absolute atomic E-state index is 12.8. The highest BCUT2D eigenvalue weighted by Gasteiger charge is 2.24. The van der Waals surface area contributed by atoms with Crippen LogP contribution in [0, 0.1) is 0 Å². The number of anilines is 1. The third kappa shape index (κ3) is 4.48. The normalized spacial score (nSPS) is 19.0. The van der Waals surface area contributed by atoms with Gasteiger partial charge in [0.25, 0.3) is 5.91 Å². The number of piperazine rings is 2. The molecule has 7 heteroatoms. The molecular formula is C21H28N6O. The van der Waals surface area contributed by atoms with E-state index in [9.17, 15) is 4.79 Å². The second-order valence-electron chi connectivity index (χ2n) is 7.59. The number of hydrogen-bond acceptors (Lipinski definition) is 6. The lowest BCUT2D eigenvalue weighted by Crippen LogP contribution is -2.48. The van der Waals surface area contributed by atoms with Crippen LogP contribution < -0.4 is 4.90 Å². The largest absolute Gasteiger partial charge is 0.338 e. The summed E-state index contributed by atoms with van der Waals surface area (Å²) in [6.07, 6.45) is 1.71. The molecule has 2 aromatic rings. The fraction of sp³-hybridized carbons (Fsp3) is 0.476. The minimum Gasteiger partial charge on any atom is -0.338 e. The van der Waals surface area contributed by atoms with Gasteiger partial charge in [-0.2, -0.15) is 0 Å². The number of hydrogen-bond donors (Lipinski definition) is 0. The summed E-state index contributed by atoms with van der Waals surface area (Å²) in [5.74, 6) is 0.679. The fourth-order valence-corrected chi connectivity index (χ4v) is 3.74. The average Bonchev–Trinajstić information content (AvgIpc) is 2.75. The molecule has 2 aliphatic rings. The molecular weight excluding hydrogens is 352 g/mol. The van der Waals surface area contributed by atoms with E-state index in [-0.39, 0.29) is 5.91 Å². The van der Waals surface area contributed by atoms with Crippen LogP contribution in [0.15, 0.2) is 42.6 Å². The summed E-state index contributed by atoms with van der Waals surface area (Å²) in [4.78, 5) is 30.6. The molecule has 1 aromatic heterocycles. The molecule has 7 nitrogen and oxygen atoms in total. The van der Waals surface area contributed by atoms with E-state index >= 15 is 0 Å². The molecule has 1 aromatic carbocycles. The summed E-state index contributed by atoms with van der Waals surface area (Å²) in [5, 5.41) is 0. The predicted molar refractivity (Wildman–Crippen MR) is 109 cm³/mol. The van der Waals surface area contributed by atoms with Gasteiger partial charge in [-0.05, 0) is 18.7 Å². The van der Waals surface area contributed by atoms with Crippen molar-refractivity contribution in [3.8, 4) is 0 Å². The van der Waals surface area contributed by atoms with Crippen molar-refractivity contribution in [3.63, 3.8) is 0 Å². The SMILES string of the molecule is CN1CCN(C(=O)c2ccnc(N3CCN(Cc4ccccc4)CC3)n2)CC1. The Morgan fingerprint density at radius 3 is 2.36 bits per heavy atom. The second-order valence-corrected chi connectivity index (χ2v) is 7.59. The van der Waals surface area contributed by atoms with Crippen LogP contribution in [0.1, 0.15) is 16.1 Å². The van der Waals surface area contributed by atoms with Crippen LogP contribution in [-0.2, 0) is 6.54 Å². The van der Waals surface area contributed by atoms with Gasteiger partial charge < -0.3 is 14.7 Å². The molecule has 0 N–H and O–H groups in total. The van der Waals surface area contributed by atoms with Crippen molar-refractivity contribution in [1.82, 2.24) is 24.7 Å². The van der Waals surface area contributed by atoms with Crippen LogP contribution in [-0.4, -0.2) is 90.0 Å². The monoisotopic (exact) mass is 380 g/mol. The first-order valence-electron chi connectivity index (χ1n) is 10.0. The Labute approximate surface area is 166 Å². The molecule has 28 heavy (non-hydrogen) atoms. The molecule has 2 aliphatic heterocycles. The van der Waals surface area contributed by atoms with Crippen molar-refractivity contribution < 1.29 is 4.79 Å². The van der Waals surface area contributed by atoms with Gasteiger partial charge in [0.2, 0.25) is 5.95 Å². The molecule has 2 fully saturated rings. The molecule has 4 rings (SSSR count). The van der Waals surface area contributed by atoms with Crippen LogP contribution in [0.3, 0.4) is 0 Å². The maximum Gasteiger partial charge on any atom is 0.272 e. The maximum atomic E-state index is 12.8. The zero-order chi connectivity index (χ0) is 19.3. The highest BCUT2D eigenvalue weighted by Crippen LogP contribution is 2.15. The summed E-state index contributed by atoms with van der Waals surface area (Å²) in [6.45, 7) is 7.99. The first kappa shape index (κ1) is 18.8. The summed E-state index contributed by atoms with van der Waals surface area (Å²) >= 11 is 0. The minimum atomic E-state index is 0.0134. The standard InChI is InChI=1S/C21H28N6O/c1-24-9-13-26(14-10-24)20(28)19-7-8-22-21(23-19)27-15-11-25(12-16-27)17-18-5-3-2-4-6-18/h2-8H,9-17H2,1H3.